The van der Waals surface area contributed by atoms with Crippen molar-refractivity contribution in [2.24, 2.45) is 0 Å². The molecule has 0 spiro atoms. The van der Waals surface area contributed by atoms with Crippen molar-refractivity contribution in [2.75, 3.05) is 0 Å². The summed E-state index contributed by atoms with van der Waals surface area (Å²) in [4.78, 5) is 12.7. The fourth-order valence-corrected chi connectivity index (χ4v) is 1.54. The van der Waals surface area contributed by atoms with Gasteiger partial charge in [0, 0.05) is 0 Å². The third-order valence-electron chi connectivity index (χ3n) is 2.02. The number of carboxylic acid groups (broad SMARTS) is 1. The molecule has 0 amide bonds. The van der Waals surface area contributed by atoms with Gasteiger partial charge in [-0.2, -0.15) is 0 Å². The summed E-state index contributed by atoms with van der Waals surface area (Å²) >= 11 is 5.32. The van der Waals surface area contributed by atoms with Crippen molar-refractivity contribution in [3.63, 3.8) is 0 Å². The minimum Gasteiger partial charge on any atom is -0.481 e. The Kier molecular flexibility index (Phi) is 3.99. The number of rotatable bonds is 3. The Morgan fingerprint density at radius 1 is 1.69 bits per heavy atom. The number of hydrogen-bond donors (Lipinski definition) is 3. The lowest BCUT2D eigenvalue weighted by Crippen LogP contribution is -2.48. The molecule has 1 unspecified atom stereocenters. The number of aliphatic carboxylic acids is 1. The molecule has 0 aromatic carbocycles. The third kappa shape index (κ3) is 3.15. The summed E-state index contributed by atoms with van der Waals surface area (Å²) in [5.41, 5.74) is 0. The molecule has 74 valence electrons. The van der Waals surface area contributed by atoms with Gasteiger partial charge >= 0.3 is 13.1 Å². The number of hydrogen-bond acceptors (Lipinski definition) is 4. The van der Waals surface area contributed by atoms with E-state index in [2.05, 4.69) is 4.84 Å². The summed E-state index contributed by atoms with van der Waals surface area (Å²) in [5, 5.41) is 17.8. The maximum atomic E-state index is 10.3. The molecular weight excluding hydrogens is 196 g/mol. The maximum Gasteiger partial charge on any atom is 0.473 e. The summed E-state index contributed by atoms with van der Waals surface area (Å²) in [7, 11) is -1.02. The first-order valence-corrected chi connectivity index (χ1v) is 4.42. The topological polar surface area (TPSA) is 78.8 Å². The molecule has 1 saturated heterocycles. The van der Waals surface area contributed by atoms with Crippen LogP contribution in [-0.2, 0) is 9.45 Å². The van der Waals surface area contributed by atoms with Crippen molar-refractivity contribution in [3.05, 3.63) is 0 Å². The van der Waals surface area contributed by atoms with Gasteiger partial charge in [0.15, 0.2) is 0 Å². The molecule has 0 bridgehead atoms. The highest BCUT2D eigenvalue weighted by molar-refractivity contribution is 6.46. The van der Waals surface area contributed by atoms with Gasteiger partial charge in [0.2, 0.25) is 0 Å². The summed E-state index contributed by atoms with van der Waals surface area (Å²) in [5.74, 6) is -1.24. The molecule has 13 heavy (non-hydrogen) atoms. The Morgan fingerprint density at radius 2 is 2.38 bits per heavy atom. The maximum absolute atomic E-state index is 10.3. The van der Waals surface area contributed by atoms with E-state index in [1.807, 2.05) is 0 Å². The zero-order chi connectivity index (χ0) is 9.84. The Bertz CT molecular complexity index is 193. The van der Waals surface area contributed by atoms with Gasteiger partial charge in [0.05, 0.1) is 18.5 Å². The Hall–Kier alpha value is -0.295. The van der Waals surface area contributed by atoms with E-state index < -0.39 is 19.2 Å². The Labute approximate surface area is 81.3 Å². The molecule has 1 aliphatic rings. The lowest BCUT2D eigenvalue weighted by atomic mass is 9.73. The van der Waals surface area contributed by atoms with Gasteiger partial charge in [0.1, 0.15) is 0 Å². The highest BCUT2D eigenvalue weighted by Crippen LogP contribution is 2.18. The summed E-state index contributed by atoms with van der Waals surface area (Å²) in [6.45, 7) is 0. The molecule has 5 nitrogen and oxygen atoms in total. The standard InChI is InChI=1S/C6H11BClNO4/c8-9-5-2-1-4(3-6(10)11)13-7(5)12/h4-5,9,12H,1-3H2,(H,10,11)/t4?,5-/m0/s1. The molecule has 1 heterocycles. The van der Waals surface area contributed by atoms with Crippen LogP contribution in [0.4, 0.5) is 0 Å². The first kappa shape index (κ1) is 10.8. The van der Waals surface area contributed by atoms with E-state index in [9.17, 15) is 9.82 Å². The number of carbonyl (C=O) groups is 1. The Morgan fingerprint density at radius 3 is 2.85 bits per heavy atom. The fraction of sp³-hybridized carbons (Fsp3) is 0.833. The van der Waals surface area contributed by atoms with Crippen LogP contribution in [0.5, 0.6) is 0 Å². The zero-order valence-corrected chi connectivity index (χ0v) is 7.70. The molecule has 3 N–H and O–H groups in total. The average Bonchev–Trinajstić information content (AvgIpc) is 2.03. The van der Waals surface area contributed by atoms with Gasteiger partial charge in [-0.15, -0.1) is 0 Å². The summed E-state index contributed by atoms with van der Waals surface area (Å²) in [6, 6.07) is 0. The van der Waals surface area contributed by atoms with E-state index in [0.29, 0.717) is 12.8 Å². The van der Waals surface area contributed by atoms with Crippen LogP contribution in [0.3, 0.4) is 0 Å². The van der Waals surface area contributed by atoms with Crippen LogP contribution in [0.1, 0.15) is 19.3 Å². The smallest absolute Gasteiger partial charge is 0.473 e. The van der Waals surface area contributed by atoms with E-state index in [4.69, 9.17) is 21.5 Å². The van der Waals surface area contributed by atoms with Gasteiger partial charge in [0.25, 0.3) is 0 Å². The lowest BCUT2D eigenvalue weighted by molar-refractivity contribution is -0.139. The molecule has 7 heteroatoms. The SMILES string of the molecule is O=C(O)CC1CC[C@H](NCl)B(O)O1. The van der Waals surface area contributed by atoms with E-state index in [1.165, 1.54) is 0 Å². The van der Waals surface area contributed by atoms with Crippen LogP contribution in [0, 0.1) is 0 Å². The van der Waals surface area contributed by atoms with Gasteiger partial charge < -0.3 is 14.8 Å². The molecule has 0 aromatic rings. The van der Waals surface area contributed by atoms with Crippen LogP contribution in [0.15, 0.2) is 0 Å². The summed E-state index contributed by atoms with van der Waals surface area (Å²) in [6.07, 6.45) is 0.719. The second-order valence-corrected chi connectivity index (χ2v) is 3.26. The molecule has 0 radical (unpaired) electrons. The molecular formula is C6H11BClNO4. The molecule has 1 aliphatic heterocycles. The minimum atomic E-state index is -1.02. The average molecular weight is 207 g/mol. The van der Waals surface area contributed by atoms with Crippen LogP contribution in [0.25, 0.3) is 0 Å². The van der Waals surface area contributed by atoms with E-state index >= 15 is 0 Å². The number of nitrogens with one attached hydrogen (secondary N) is 1. The fourth-order valence-electron chi connectivity index (χ4n) is 1.32. The van der Waals surface area contributed by atoms with Crippen LogP contribution in [0.2, 0.25) is 0 Å². The molecule has 1 rings (SSSR count). The lowest BCUT2D eigenvalue weighted by Gasteiger charge is -2.29. The molecule has 2 atom stereocenters. The monoisotopic (exact) mass is 207 g/mol. The first-order valence-electron chi connectivity index (χ1n) is 4.05. The van der Waals surface area contributed by atoms with Crippen molar-refractivity contribution in [2.45, 2.75) is 31.3 Å². The second kappa shape index (κ2) is 4.81. The van der Waals surface area contributed by atoms with Gasteiger partial charge in [-0.1, -0.05) is 0 Å². The predicted molar refractivity (Wildman–Crippen MR) is 47.1 cm³/mol. The van der Waals surface area contributed by atoms with E-state index in [1.54, 1.807) is 0 Å². The van der Waals surface area contributed by atoms with Crippen LogP contribution >= 0.6 is 11.8 Å². The van der Waals surface area contributed by atoms with Crippen LogP contribution in [-0.4, -0.2) is 35.3 Å². The molecule has 0 aromatic heterocycles. The van der Waals surface area contributed by atoms with E-state index in [-0.39, 0.29) is 12.4 Å². The van der Waals surface area contributed by atoms with Crippen LogP contribution < -0.4 is 4.84 Å². The third-order valence-corrected chi connectivity index (χ3v) is 2.30. The minimum absolute atomic E-state index is 0.0773. The highest BCUT2D eigenvalue weighted by Gasteiger charge is 2.35. The quantitative estimate of drug-likeness (QED) is 0.440. The zero-order valence-electron chi connectivity index (χ0n) is 6.94. The van der Waals surface area contributed by atoms with Crippen molar-refractivity contribution in [1.29, 1.82) is 0 Å². The second-order valence-electron chi connectivity index (χ2n) is 3.04. The van der Waals surface area contributed by atoms with Gasteiger partial charge in [-0.25, -0.2) is 4.84 Å². The van der Waals surface area contributed by atoms with Gasteiger partial charge in [-0.3, -0.25) is 4.79 Å². The van der Waals surface area contributed by atoms with Crippen molar-refractivity contribution < 1.29 is 19.6 Å². The normalized spacial score (nSPS) is 28.9. The largest absolute Gasteiger partial charge is 0.481 e. The molecule has 0 saturated carbocycles. The summed E-state index contributed by atoms with van der Waals surface area (Å²) < 4.78 is 5.03. The predicted octanol–water partition coefficient (Wildman–Crippen LogP) is -0.228. The van der Waals surface area contributed by atoms with Crippen molar-refractivity contribution in [1.82, 2.24) is 4.84 Å². The first-order chi connectivity index (χ1) is 6.13. The highest BCUT2D eigenvalue weighted by atomic mass is 35.5. The number of carboxylic acids is 1. The van der Waals surface area contributed by atoms with E-state index in [0.717, 1.165) is 0 Å². The molecule has 1 fully saturated rings. The Balaban J connectivity index is 2.36. The van der Waals surface area contributed by atoms with Gasteiger partial charge in [-0.05, 0) is 24.6 Å². The molecule has 0 aliphatic carbocycles. The van der Waals surface area contributed by atoms with Crippen molar-refractivity contribution in [3.8, 4) is 0 Å². The number of halogens is 1. The van der Waals surface area contributed by atoms with Crippen molar-refractivity contribution >= 4 is 24.9 Å².